The van der Waals surface area contributed by atoms with E-state index in [1.807, 2.05) is 0 Å². The fourth-order valence-corrected chi connectivity index (χ4v) is 5.09. The number of carbonyl (C=O) groups excluding carboxylic acids is 3. The first-order valence-electron chi connectivity index (χ1n) is 13.3. The minimum Gasteiger partial charge on any atom is -0.496 e. The van der Waals surface area contributed by atoms with Crippen LogP contribution in [0, 0.1) is 11.7 Å². The van der Waals surface area contributed by atoms with Crippen LogP contribution in [-0.2, 0) is 19.1 Å². The van der Waals surface area contributed by atoms with Crippen molar-refractivity contribution in [1.29, 1.82) is 0 Å². The van der Waals surface area contributed by atoms with E-state index in [0.717, 1.165) is 37.7 Å². The molecule has 1 saturated carbocycles. The Morgan fingerprint density at radius 2 is 1.75 bits per heavy atom. The zero-order valence-electron chi connectivity index (χ0n) is 23.5. The second-order valence-corrected chi connectivity index (χ2v) is 9.74. The molecular formula is C29H37FN2O8. The largest absolute Gasteiger partial charge is 0.496 e. The second-order valence-electron chi connectivity index (χ2n) is 9.74. The first-order chi connectivity index (χ1) is 19.2. The second kappa shape index (κ2) is 14.5. The van der Waals surface area contributed by atoms with Crippen molar-refractivity contribution in [3.63, 3.8) is 0 Å². The number of aromatic nitrogens is 1. The van der Waals surface area contributed by atoms with Crippen LogP contribution in [0.15, 0.2) is 30.5 Å². The molecule has 1 N–H and O–H groups in total. The van der Waals surface area contributed by atoms with E-state index in [4.69, 9.17) is 23.7 Å². The smallest absolute Gasteiger partial charge is 0.328 e. The van der Waals surface area contributed by atoms with Gasteiger partial charge in [0, 0.05) is 36.7 Å². The van der Waals surface area contributed by atoms with Gasteiger partial charge in [0.1, 0.15) is 23.7 Å². The first-order valence-corrected chi connectivity index (χ1v) is 13.3. The average molecular weight is 561 g/mol. The zero-order chi connectivity index (χ0) is 29.2. The molecule has 1 aromatic heterocycles. The summed E-state index contributed by atoms with van der Waals surface area (Å²) < 4.78 is 40.8. The van der Waals surface area contributed by atoms with Gasteiger partial charge < -0.3 is 29.0 Å². The number of nitrogens with zero attached hydrogens (tertiary/aromatic N) is 1. The van der Waals surface area contributed by atoms with Gasteiger partial charge in [-0.25, -0.2) is 14.2 Å². The summed E-state index contributed by atoms with van der Waals surface area (Å²) in [6, 6.07) is 4.85. The standard InChI is InChI=1S/C29H37FN2O8/c1-17(32-28(34)26-27(39-16-38-19(3)33)23(36-4)13-14-31-26)29(35)40-18(2)25(20-9-7-6-8-10-20)22-12-11-21(30)15-24(22)37-5/h11-15,17-18,20,25H,6-10,16H2,1-5H3,(H,32,34)/t17-,18-,25+/m0/s1. The molecule has 11 heteroatoms. The van der Waals surface area contributed by atoms with Crippen LogP contribution in [0.1, 0.15) is 74.8 Å². The normalized spacial score (nSPS) is 15.8. The maximum atomic E-state index is 13.9. The molecule has 218 valence electrons. The minimum atomic E-state index is -1.04. The molecule has 0 bridgehead atoms. The average Bonchev–Trinajstić information content (AvgIpc) is 2.94. The van der Waals surface area contributed by atoms with Gasteiger partial charge in [-0.1, -0.05) is 25.3 Å². The molecule has 1 aliphatic carbocycles. The molecule has 2 aromatic rings. The molecule has 40 heavy (non-hydrogen) atoms. The van der Waals surface area contributed by atoms with E-state index in [1.54, 1.807) is 13.0 Å². The Morgan fingerprint density at radius 1 is 1.05 bits per heavy atom. The maximum absolute atomic E-state index is 13.9. The Labute approximate surface area is 233 Å². The lowest BCUT2D eigenvalue weighted by molar-refractivity contribution is -0.152. The number of methoxy groups -OCH3 is 2. The monoisotopic (exact) mass is 560 g/mol. The number of hydrogen-bond acceptors (Lipinski definition) is 9. The summed E-state index contributed by atoms with van der Waals surface area (Å²) in [5.41, 5.74) is 0.623. The third-order valence-electron chi connectivity index (χ3n) is 6.99. The van der Waals surface area contributed by atoms with E-state index in [9.17, 15) is 18.8 Å². The highest BCUT2D eigenvalue weighted by Gasteiger charge is 2.35. The summed E-state index contributed by atoms with van der Waals surface area (Å²) in [6.07, 6.45) is 5.95. The number of carbonyl (C=O) groups is 3. The first kappa shape index (κ1) is 30.6. The van der Waals surface area contributed by atoms with E-state index in [1.165, 1.54) is 52.5 Å². The lowest BCUT2D eigenvalue weighted by Crippen LogP contribution is -2.42. The Bertz CT molecular complexity index is 1180. The molecule has 3 rings (SSSR count). The van der Waals surface area contributed by atoms with Crippen molar-refractivity contribution in [2.45, 2.75) is 70.9 Å². The number of nitrogens with one attached hydrogen (secondary N) is 1. The van der Waals surface area contributed by atoms with Crippen molar-refractivity contribution >= 4 is 17.8 Å². The van der Waals surface area contributed by atoms with Crippen molar-refractivity contribution in [3.8, 4) is 17.2 Å². The highest BCUT2D eigenvalue weighted by molar-refractivity contribution is 5.98. The fraction of sp³-hybridized carbons (Fsp3) is 0.517. The van der Waals surface area contributed by atoms with Crippen LogP contribution in [0.3, 0.4) is 0 Å². The molecule has 1 amide bonds. The Balaban J connectivity index is 1.75. The van der Waals surface area contributed by atoms with E-state index in [2.05, 4.69) is 10.3 Å². The predicted molar refractivity (Wildman–Crippen MR) is 143 cm³/mol. The number of esters is 2. The predicted octanol–water partition coefficient (Wildman–Crippen LogP) is 4.55. The quantitative estimate of drug-likeness (QED) is 0.294. The number of pyridine rings is 1. The van der Waals surface area contributed by atoms with Crippen LogP contribution in [0.2, 0.25) is 0 Å². The van der Waals surface area contributed by atoms with Crippen molar-refractivity contribution < 1.29 is 42.5 Å². The van der Waals surface area contributed by atoms with Gasteiger partial charge in [0.25, 0.3) is 5.91 Å². The number of amides is 1. The van der Waals surface area contributed by atoms with Crippen molar-refractivity contribution in [2.24, 2.45) is 5.92 Å². The van der Waals surface area contributed by atoms with Gasteiger partial charge in [0.2, 0.25) is 6.79 Å². The van der Waals surface area contributed by atoms with Gasteiger partial charge in [0.05, 0.1) is 14.2 Å². The molecule has 3 atom stereocenters. The molecule has 0 spiro atoms. The summed E-state index contributed by atoms with van der Waals surface area (Å²) >= 11 is 0. The molecule has 10 nitrogen and oxygen atoms in total. The third kappa shape index (κ3) is 7.83. The summed E-state index contributed by atoms with van der Waals surface area (Å²) in [6.45, 7) is 4.07. The minimum absolute atomic E-state index is 0.0431. The Morgan fingerprint density at radius 3 is 2.40 bits per heavy atom. The van der Waals surface area contributed by atoms with Gasteiger partial charge in [-0.05, 0) is 38.7 Å². The number of benzene rings is 1. The molecule has 1 fully saturated rings. The Kier molecular flexibility index (Phi) is 11.1. The topological polar surface area (TPSA) is 122 Å². The molecule has 1 aromatic carbocycles. The number of ether oxygens (including phenoxy) is 5. The highest BCUT2D eigenvalue weighted by Crippen LogP contribution is 2.42. The molecule has 0 aliphatic heterocycles. The van der Waals surface area contributed by atoms with Crippen molar-refractivity contribution in [3.05, 3.63) is 47.5 Å². The summed E-state index contributed by atoms with van der Waals surface area (Å²) in [4.78, 5) is 41.4. The summed E-state index contributed by atoms with van der Waals surface area (Å²) in [5, 5.41) is 2.59. The molecule has 1 heterocycles. The number of hydrogen-bond donors (Lipinski definition) is 1. The Hall–Kier alpha value is -3.89. The van der Waals surface area contributed by atoms with Crippen molar-refractivity contribution in [1.82, 2.24) is 10.3 Å². The zero-order valence-corrected chi connectivity index (χ0v) is 23.5. The van der Waals surface area contributed by atoms with Crippen LogP contribution < -0.4 is 19.5 Å². The fourth-order valence-electron chi connectivity index (χ4n) is 5.09. The van der Waals surface area contributed by atoms with Crippen molar-refractivity contribution in [2.75, 3.05) is 21.0 Å². The van der Waals surface area contributed by atoms with Crippen LogP contribution >= 0.6 is 0 Å². The van der Waals surface area contributed by atoms with E-state index in [-0.39, 0.29) is 29.0 Å². The van der Waals surface area contributed by atoms with Gasteiger partial charge in [-0.3, -0.25) is 9.59 Å². The number of rotatable bonds is 12. The molecule has 0 saturated heterocycles. The summed E-state index contributed by atoms with van der Waals surface area (Å²) in [5.74, 6) is -1.77. The van der Waals surface area contributed by atoms with Gasteiger partial charge in [0.15, 0.2) is 17.2 Å². The molecule has 0 radical (unpaired) electrons. The molecule has 0 unspecified atom stereocenters. The van der Waals surface area contributed by atoms with Crippen LogP contribution in [0.5, 0.6) is 17.2 Å². The lowest BCUT2D eigenvalue weighted by Gasteiger charge is -2.35. The third-order valence-corrected chi connectivity index (χ3v) is 6.99. The summed E-state index contributed by atoms with van der Waals surface area (Å²) in [7, 11) is 2.87. The van der Waals surface area contributed by atoms with E-state index < -0.39 is 42.6 Å². The van der Waals surface area contributed by atoms with Gasteiger partial charge >= 0.3 is 11.9 Å². The lowest BCUT2D eigenvalue weighted by atomic mass is 9.74. The highest BCUT2D eigenvalue weighted by atomic mass is 19.1. The van der Waals surface area contributed by atoms with E-state index >= 15 is 0 Å². The van der Waals surface area contributed by atoms with Gasteiger partial charge in [-0.15, -0.1) is 0 Å². The van der Waals surface area contributed by atoms with Crippen LogP contribution in [-0.4, -0.2) is 56.0 Å². The molecular weight excluding hydrogens is 523 g/mol. The molecule has 1 aliphatic rings. The SMILES string of the molecule is COc1cc(F)ccc1[C@@H](C1CCCCC1)[C@H](C)OC(=O)[C@H](C)NC(=O)c1nccc(OC)c1OCOC(C)=O. The van der Waals surface area contributed by atoms with Crippen LogP contribution in [0.4, 0.5) is 4.39 Å². The van der Waals surface area contributed by atoms with Crippen LogP contribution in [0.25, 0.3) is 0 Å². The number of halogens is 1. The van der Waals surface area contributed by atoms with Gasteiger partial charge in [-0.2, -0.15) is 0 Å². The maximum Gasteiger partial charge on any atom is 0.328 e. The van der Waals surface area contributed by atoms with E-state index in [0.29, 0.717) is 5.75 Å².